The molecule has 2 fully saturated rings. The first kappa shape index (κ1) is 31.9. The number of carbonyl (C=O) groups is 1. The molecule has 10 atom stereocenters. The van der Waals surface area contributed by atoms with Crippen LogP contribution in [0.1, 0.15) is 27.6 Å². The normalized spacial score (nSPS) is 32.1. The SMILES string of the molecule is NC(=O)c1csc([C@@H]2O[C@H](COP(=O)(O)OP(=O)(O)OC[C@H]3O[C@@H](n4cnc5c(N)ncnc54)[C@H](O)[C@@H]3O)[C@@H](O)[C@H]2O)c1. The van der Waals surface area contributed by atoms with E-state index in [2.05, 4.69) is 23.8 Å². The summed E-state index contributed by atoms with van der Waals surface area (Å²) in [5.74, 6) is -0.668. The van der Waals surface area contributed by atoms with Gasteiger partial charge in [-0.3, -0.25) is 18.4 Å². The zero-order valence-electron chi connectivity index (χ0n) is 21.5. The summed E-state index contributed by atoms with van der Waals surface area (Å²) < 4.78 is 50.7. The summed E-state index contributed by atoms with van der Waals surface area (Å²) in [7, 11) is -10.7. The van der Waals surface area contributed by atoms with Gasteiger partial charge in [-0.2, -0.15) is 4.31 Å². The Balaban J connectivity index is 1.15. The van der Waals surface area contributed by atoms with Gasteiger partial charge in [0.05, 0.1) is 25.1 Å². The van der Waals surface area contributed by atoms with E-state index in [1.54, 1.807) is 0 Å². The highest BCUT2D eigenvalue weighted by molar-refractivity contribution is 7.61. The molecule has 2 aliphatic heterocycles. The fraction of sp³-hybridized carbons (Fsp3) is 0.500. The molecule has 0 spiro atoms. The molecule has 20 nitrogen and oxygen atoms in total. The molecule has 2 aliphatic rings. The number of aliphatic hydroxyl groups is 4. The summed E-state index contributed by atoms with van der Waals surface area (Å²) in [6.45, 7) is -1.76. The Morgan fingerprint density at radius 2 is 1.60 bits per heavy atom. The van der Waals surface area contributed by atoms with Crippen LogP contribution in [0.2, 0.25) is 0 Å². The minimum Gasteiger partial charge on any atom is -0.387 e. The van der Waals surface area contributed by atoms with Crippen molar-refractivity contribution in [3.8, 4) is 0 Å². The number of fused-ring (bicyclic) bond motifs is 1. The van der Waals surface area contributed by atoms with Gasteiger partial charge in [0, 0.05) is 10.3 Å². The zero-order chi connectivity index (χ0) is 31.3. The van der Waals surface area contributed by atoms with Crippen molar-refractivity contribution in [2.45, 2.75) is 49.0 Å². The number of nitrogen functional groups attached to an aromatic ring is 1. The molecule has 5 rings (SSSR count). The number of aromatic nitrogens is 4. The van der Waals surface area contributed by atoms with E-state index in [-0.39, 0.29) is 22.5 Å². The first-order valence-electron chi connectivity index (χ1n) is 12.2. The van der Waals surface area contributed by atoms with Gasteiger partial charge in [-0.05, 0) is 6.07 Å². The molecular weight excluding hydrogens is 642 g/mol. The average Bonchev–Trinajstić information content (AvgIpc) is 3.70. The predicted octanol–water partition coefficient (Wildman–Crippen LogP) is -1.70. The minimum atomic E-state index is -5.36. The van der Waals surface area contributed by atoms with Crippen LogP contribution in [0.15, 0.2) is 24.1 Å². The van der Waals surface area contributed by atoms with Gasteiger partial charge >= 0.3 is 15.6 Å². The number of ether oxygens (including phenoxy) is 2. The summed E-state index contributed by atoms with van der Waals surface area (Å²) >= 11 is 1.02. The number of rotatable bonds is 11. The number of primary amides is 1. The van der Waals surface area contributed by atoms with Gasteiger partial charge in [-0.1, -0.05) is 0 Å². The second kappa shape index (κ2) is 12.1. The van der Waals surface area contributed by atoms with Crippen LogP contribution in [0.3, 0.4) is 0 Å². The van der Waals surface area contributed by atoms with E-state index in [1.165, 1.54) is 22.3 Å². The molecular formula is C20H26N6O14P2S. The second-order valence-electron chi connectivity index (χ2n) is 9.42. The maximum Gasteiger partial charge on any atom is 0.481 e. The topological polar surface area (TPSA) is 314 Å². The van der Waals surface area contributed by atoms with Crippen LogP contribution in [-0.4, -0.2) is 105 Å². The standard InChI is InChI=1S/C20H26N6O14P2S/c21-17-11-19(24-5-23-17)26(6-25-11)20-15(30)13(28)9(39-20)3-37-42(34,35)40-41(32,33)36-2-8-12(27)14(29)16(38-8)10-1-7(4-43-10)18(22)31/h1,4-6,8-9,12-16,20,27-30H,2-3H2,(H2,22,31)(H,32,33)(H,34,35)(H2,21,23,24)/t8-,9-,12-,13-,14-,15-,16+,20-/m1/s1. The number of aliphatic hydroxyl groups excluding tert-OH is 4. The Morgan fingerprint density at radius 1 is 0.977 bits per heavy atom. The first-order valence-corrected chi connectivity index (χ1v) is 16.0. The number of imidazole rings is 1. The summed E-state index contributed by atoms with van der Waals surface area (Å²) in [5.41, 5.74) is 11.5. The maximum absolute atomic E-state index is 12.4. The highest BCUT2D eigenvalue weighted by atomic mass is 32.1. The van der Waals surface area contributed by atoms with E-state index < -0.39 is 83.7 Å². The average molecular weight is 668 g/mol. The lowest BCUT2D eigenvalue weighted by atomic mass is 10.1. The Bertz CT molecular complexity index is 1590. The molecule has 2 saturated heterocycles. The van der Waals surface area contributed by atoms with Gasteiger partial charge < -0.3 is 51.2 Å². The third-order valence-corrected chi connectivity index (χ3v) is 10.2. The van der Waals surface area contributed by atoms with E-state index in [0.717, 1.165) is 17.7 Å². The molecule has 2 unspecified atom stereocenters. The van der Waals surface area contributed by atoms with Crippen molar-refractivity contribution in [1.82, 2.24) is 19.5 Å². The van der Waals surface area contributed by atoms with Crippen molar-refractivity contribution in [3.05, 3.63) is 34.5 Å². The third kappa shape index (κ3) is 6.65. The van der Waals surface area contributed by atoms with Crippen molar-refractivity contribution >= 4 is 49.9 Å². The molecule has 43 heavy (non-hydrogen) atoms. The van der Waals surface area contributed by atoms with E-state index in [4.69, 9.17) is 25.5 Å². The van der Waals surface area contributed by atoms with Crippen molar-refractivity contribution in [2.75, 3.05) is 18.9 Å². The van der Waals surface area contributed by atoms with Crippen LogP contribution in [0.5, 0.6) is 0 Å². The van der Waals surface area contributed by atoms with Crippen LogP contribution in [-0.2, 0) is 32.0 Å². The van der Waals surface area contributed by atoms with Gasteiger partial charge in [0.1, 0.15) is 54.6 Å². The monoisotopic (exact) mass is 668 g/mol. The van der Waals surface area contributed by atoms with Crippen molar-refractivity contribution in [3.63, 3.8) is 0 Å². The van der Waals surface area contributed by atoms with E-state index in [9.17, 15) is 44.1 Å². The molecule has 0 saturated carbocycles. The highest BCUT2D eigenvalue weighted by Crippen LogP contribution is 2.61. The molecule has 10 N–H and O–H groups in total. The number of thiophene rings is 1. The molecule has 0 aliphatic carbocycles. The Kier molecular flexibility index (Phi) is 9.02. The summed E-state index contributed by atoms with van der Waals surface area (Å²) in [6, 6.07) is 1.35. The summed E-state index contributed by atoms with van der Waals surface area (Å²) in [6.07, 6.45) is -9.20. The van der Waals surface area contributed by atoms with Crippen LogP contribution >= 0.6 is 27.0 Å². The molecule has 236 valence electrons. The minimum absolute atomic E-state index is 0.0528. The molecule has 23 heteroatoms. The molecule has 3 aromatic heterocycles. The number of anilines is 1. The first-order chi connectivity index (χ1) is 20.2. The maximum atomic E-state index is 12.4. The van der Waals surface area contributed by atoms with E-state index in [1.807, 2.05) is 0 Å². The molecule has 5 heterocycles. The number of hydrogen-bond donors (Lipinski definition) is 8. The molecule has 0 bridgehead atoms. The number of amides is 1. The Morgan fingerprint density at radius 3 is 2.23 bits per heavy atom. The smallest absolute Gasteiger partial charge is 0.387 e. The zero-order valence-corrected chi connectivity index (χ0v) is 24.1. The number of carbonyl (C=O) groups excluding carboxylic acids is 1. The van der Waals surface area contributed by atoms with Gasteiger partial charge in [-0.25, -0.2) is 24.1 Å². The number of phosphoric acid groups is 2. The number of phosphoric ester groups is 2. The van der Waals surface area contributed by atoms with Crippen molar-refractivity contribution < 1.29 is 67.0 Å². The van der Waals surface area contributed by atoms with Gasteiger partial charge in [0.15, 0.2) is 17.7 Å². The van der Waals surface area contributed by atoms with E-state index >= 15 is 0 Å². The van der Waals surface area contributed by atoms with Crippen LogP contribution in [0.25, 0.3) is 11.2 Å². The molecule has 1 amide bonds. The third-order valence-electron chi connectivity index (χ3n) is 6.56. The molecule has 0 radical (unpaired) electrons. The van der Waals surface area contributed by atoms with Crippen LogP contribution in [0.4, 0.5) is 5.82 Å². The number of nitrogens with zero attached hydrogens (tertiary/aromatic N) is 4. The lowest BCUT2D eigenvalue weighted by Crippen LogP contribution is -2.33. The predicted molar refractivity (Wildman–Crippen MR) is 141 cm³/mol. The Hall–Kier alpha value is -2.46. The van der Waals surface area contributed by atoms with Gasteiger partial charge in [-0.15, -0.1) is 11.3 Å². The van der Waals surface area contributed by atoms with Gasteiger partial charge in [0.25, 0.3) is 0 Å². The fourth-order valence-electron chi connectivity index (χ4n) is 4.42. The lowest BCUT2D eigenvalue weighted by Gasteiger charge is -2.20. The van der Waals surface area contributed by atoms with Gasteiger partial charge in [0.2, 0.25) is 5.91 Å². The fourth-order valence-corrected chi connectivity index (χ4v) is 7.48. The number of nitrogens with two attached hydrogens (primary N) is 2. The summed E-state index contributed by atoms with van der Waals surface area (Å²) in [4.78, 5) is 43.5. The number of hydrogen-bond acceptors (Lipinski definition) is 17. The van der Waals surface area contributed by atoms with E-state index in [0.29, 0.717) is 4.88 Å². The molecule has 3 aromatic rings. The largest absolute Gasteiger partial charge is 0.481 e. The quantitative estimate of drug-likeness (QED) is 0.106. The second-order valence-corrected chi connectivity index (χ2v) is 13.4. The van der Waals surface area contributed by atoms with Crippen LogP contribution in [0, 0.1) is 0 Å². The van der Waals surface area contributed by atoms with Crippen LogP contribution < -0.4 is 11.5 Å². The van der Waals surface area contributed by atoms with Crippen molar-refractivity contribution in [2.24, 2.45) is 5.73 Å². The lowest BCUT2D eigenvalue weighted by molar-refractivity contribution is -0.0507. The highest BCUT2D eigenvalue weighted by Gasteiger charge is 2.48. The van der Waals surface area contributed by atoms with Crippen molar-refractivity contribution in [1.29, 1.82) is 0 Å². The Labute approximate surface area is 244 Å². The molecule has 0 aromatic carbocycles. The summed E-state index contributed by atoms with van der Waals surface area (Å²) in [5, 5.41) is 42.9.